The van der Waals surface area contributed by atoms with Gasteiger partial charge in [0.1, 0.15) is 5.82 Å². The Morgan fingerprint density at radius 2 is 1.81 bits per heavy atom. The lowest BCUT2D eigenvalue weighted by molar-refractivity contribution is -0.122. The summed E-state index contributed by atoms with van der Waals surface area (Å²) in [5, 5.41) is 5.63. The van der Waals surface area contributed by atoms with E-state index in [1.807, 2.05) is 32.0 Å². The maximum atomic E-state index is 13.1. The smallest absolute Gasteiger partial charge is 0.241 e. The molecule has 144 valence electrons. The number of carbonyl (C=O) groups excluding carboxylic acids is 2. The van der Waals surface area contributed by atoms with E-state index in [1.165, 1.54) is 12.1 Å². The first-order valence-corrected chi connectivity index (χ1v) is 8.88. The van der Waals surface area contributed by atoms with Crippen molar-refractivity contribution in [3.63, 3.8) is 0 Å². The van der Waals surface area contributed by atoms with Crippen molar-refractivity contribution in [2.24, 2.45) is 0 Å². The van der Waals surface area contributed by atoms with Crippen LogP contribution in [-0.2, 0) is 9.59 Å². The fourth-order valence-electron chi connectivity index (χ4n) is 2.45. The van der Waals surface area contributed by atoms with Crippen molar-refractivity contribution in [2.75, 3.05) is 24.2 Å². The van der Waals surface area contributed by atoms with Gasteiger partial charge >= 0.3 is 0 Å². The van der Waals surface area contributed by atoms with Gasteiger partial charge in [0.25, 0.3) is 0 Å². The summed E-state index contributed by atoms with van der Waals surface area (Å²) >= 11 is 5.93. The Balaban J connectivity index is 1.95. The van der Waals surface area contributed by atoms with Crippen LogP contribution in [0.4, 0.5) is 15.8 Å². The van der Waals surface area contributed by atoms with E-state index in [2.05, 4.69) is 10.6 Å². The normalized spacial score (nSPS) is 12.0. The van der Waals surface area contributed by atoms with Crippen LogP contribution in [0.1, 0.15) is 18.1 Å². The van der Waals surface area contributed by atoms with Crippen LogP contribution in [0.15, 0.2) is 36.4 Å². The molecule has 2 aromatic rings. The lowest BCUT2D eigenvalue weighted by Crippen LogP contribution is -2.43. The molecule has 2 amide bonds. The standard InChI is InChI=1S/C20H23ClFN3O2/c1-12-5-6-13(2)18(9-12)23-19(26)11-25(4)14(3)20(27)24-17-8-7-15(22)10-16(17)21/h5-10,14H,11H2,1-4H3,(H,23,26)(H,24,27)/t14-/m0/s1. The Hall–Kier alpha value is -2.44. The lowest BCUT2D eigenvalue weighted by Gasteiger charge is -2.23. The SMILES string of the molecule is Cc1ccc(C)c(NC(=O)CN(C)[C@@H](C)C(=O)Nc2ccc(F)cc2Cl)c1. The van der Waals surface area contributed by atoms with Crippen LogP contribution in [-0.4, -0.2) is 36.3 Å². The topological polar surface area (TPSA) is 61.4 Å². The van der Waals surface area contributed by atoms with E-state index in [0.717, 1.165) is 22.9 Å². The highest BCUT2D eigenvalue weighted by Gasteiger charge is 2.21. The zero-order valence-corrected chi connectivity index (χ0v) is 16.5. The Morgan fingerprint density at radius 3 is 2.48 bits per heavy atom. The summed E-state index contributed by atoms with van der Waals surface area (Å²) in [7, 11) is 1.68. The molecule has 0 unspecified atom stereocenters. The number of rotatable bonds is 6. The molecule has 0 aromatic heterocycles. The van der Waals surface area contributed by atoms with Crippen LogP contribution in [0.3, 0.4) is 0 Å². The van der Waals surface area contributed by atoms with Crippen molar-refractivity contribution >= 4 is 34.8 Å². The van der Waals surface area contributed by atoms with Gasteiger partial charge in [-0.3, -0.25) is 14.5 Å². The summed E-state index contributed by atoms with van der Waals surface area (Å²) in [4.78, 5) is 26.3. The summed E-state index contributed by atoms with van der Waals surface area (Å²) in [6.45, 7) is 5.59. The fourth-order valence-corrected chi connectivity index (χ4v) is 2.67. The van der Waals surface area contributed by atoms with Crippen LogP contribution >= 0.6 is 11.6 Å². The number of carbonyl (C=O) groups is 2. The van der Waals surface area contributed by atoms with Crippen molar-refractivity contribution in [1.29, 1.82) is 0 Å². The molecular formula is C20H23ClFN3O2. The number of aryl methyl sites for hydroxylation is 2. The van der Waals surface area contributed by atoms with Crippen LogP contribution < -0.4 is 10.6 Å². The van der Waals surface area contributed by atoms with Gasteiger partial charge in [0.15, 0.2) is 0 Å². The van der Waals surface area contributed by atoms with Crippen molar-refractivity contribution in [3.8, 4) is 0 Å². The van der Waals surface area contributed by atoms with Crippen molar-refractivity contribution < 1.29 is 14.0 Å². The van der Waals surface area contributed by atoms with Crippen LogP contribution in [0.2, 0.25) is 5.02 Å². The molecule has 27 heavy (non-hydrogen) atoms. The van der Waals surface area contributed by atoms with Gasteiger partial charge < -0.3 is 10.6 Å². The second kappa shape index (κ2) is 8.97. The molecule has 2 N–H and O–H groups in total. The molecular weight excluding hydrogens is 369 g/mol. The first kappa shape index (κ1) is 20.9. The molecule has 0 radical (unpaired) electrons. The number of hydrogen-bond acceptors (Lipinski definition) is 3. The Morgan fingerprint density at radius 1 is 1.11 bits per heavy atom. The van der Waals surface area contributed by atoms with Gasteiger partial charge in [-0.05, 0) is 63.2 Å². The van der Waals surface area contributed by atoms with Gasteiger partial charge in [0.2, 0.25) is 11.8 Å². The Kier molecular flexibility index (Phi) is 6.93. The van der Waals surface area contributed by atoms with E-state index in [9.17, 15) is 14.0 Å². The molecule has 7 heteroatoms. The number of nitrogens with one attached hydrogen (secondary N) is 2. The molecule has 0 saturated heterocycles. The van der Waals surface area contributed by atoms with Gasteiger partial charge in [-0.25, -0.2) is 4.39 Å². The molecule has 0 aliphatic heterocycles. The summed E-state index contributed by atoms with van der Waals surface area (Å²) in [6, 6.07) is 8.98. The van der Waals surface area contributed by atoms with Crippen LogP contribution in [0, 0.1) is 19.7 Å². The number of hydrogen-bond donors (Lipinski definition) is 2. The summed E-state index contributed by atoms with van der Waals surface area (Å²) < 4.78 is 13.1. The summed E-state index contributed by atoms with van der Waals surface area (Å²) in [5.74, 6) is -1.04. The highest BCUT2D eigenvalue weighted by molar-refractivity contribution is 6.33. The molecule has 0 aliphatic carbocycles. The molecule has 0 fully saturated rings. The number of likely N-dealkylation sites (N-methyl/N-ethyl adjacent to an activating group) is 1. The van der Waals surface area contributed by atoms with E-state index in [4.69, 9.17) is 11.6 Å². The van der Waals surface area contributed by atoms with Crippen molar-refractivity contribution in [3.05, 3.63) is 58.4 Å². The van der Waals surface area contributed by atoms with Crippen LogP contribution in [0.5, 0.6) is 0 Å². The predicted molar refractivity (Wildman–Crippen MR) is 107 cm³/mol. The molecule has 0 aliphatic rings. The monoisotopic (exact) mass is 391 g/mol. The predicted octanol–water partition coefficient (Wildman–Crippen LogP) is 3.99. The number of anilines is 2. The highest BCUT2D eigenvalue weighted by Crippen LogP contribution is 2.22. The number of halogens is 2. The van der Waals surface area contributed by atoms with Gasteiger partial charge in [0.05, 0.1) is 23.3 Å². The van der Waals surface area contributed by atoms with E-state index in [-0.39, 0.29) is 23.4 Å². The van der Waals surface area contributed by atoms with Crippen molar-refractivity contribution in [2.45, 2.75) is 26.8 Å². The van der Waals surface area contributed by atoms with E-state index < -0.39 is 11.9 Å². The average molecular weight is 392 g/mol. The van der Waals surface area contributed by atoms with Gasteiger partial charge in [-0.2, -0.15) is 0 Å². The lowest BCUT2D eigenvalue weighted by atomic mass is 10.1. The minimum absolute atomic E-state index is 0.0408. The second-order valence-electron chi connectivity index (χ2n) is 6.57. The molecule has 2 aromatic carbocycles. The Bertz CT molecular complexity index is 857. The van der Waals surface area contributed by atoms with Crippen LogP contribution in [0.25, 0.3) is 0 Å². The van der Waals surface area contributed by atoms with Gasteiger partial charge in [0, 0.05) is 5.69 Å². The third kappa shape index (κ3) is 5.77. The number of benzene rings is 2. The third-order valence-electron chi connectivity index (χ3n) is 4.29. The summed E-state index contributed by atoms with van der Waals surface area (Å²) in [5.41, 5.74) is 3.09. The largest absolute Gasteiger partial charge is 0.325 e. The summed E-state index contributed by atoms with van der Waals surface area (Å²) in [6.07, 6.45) is 0. The zero-order valence-electron chi connectivity index (χ0n) is 15.8. The molecule has 1 atom stereocenters. The second-order valence-corrected chi connectivity index (χ2v) is 6.98. The van der Waals surface area contributed by atoms with Gasteiger partial charge in [-0.15, -0.1) is 0 Å². The molecule has 0 saturated carbocycles. The van der Waals surface area contributed by atoms with Crippen molar-refractivity contribution in [1.82, 2.24) is 4.90 Å². The molecule has 0 heterocycles. The highest BCUT2D eigenvalue weighted by atomic mass is 35.5. The average Bonchev–Trinajstić information content (AvgIpc) is 2.59. The maximum absolute atomic E-state index is 13.1. The maximum Gasteiger partial charge on any atom is 0.241 e. The Labute approximate surface area is 163 Å². The first-order valence-electron chi connectivity index (χ1n) is 8.50. The molecule has 5 nitrogen and oxygen atoms in total. The van der Waals surface area contributed by atoms with E-state index in [1.54, 1.807) is 18.9 Å². The van der Waals surface area contributed by atoms with Gasteiger partial charge in [-0.1, -0.05) is 23.7 Å². The minimum Gasteiger partial charge on any atom is -0.325 e. The van der Waals surface area contributed by atoms with E-state index >= 15 is 0 Å². The molecule has 0 bridgehead atoms. The van der Waals surface area contributed by atoms with E-state index in [0.29, 0.717) is 5.69 Å². The zero-order chi connectivity index (χ0) is 20.1. The first-order chi connectivity index (χ1) is 12.7. The molecule has 0 spiro atoms. The minimum atomic E-state index is -0.588. The quantitative estimate of drug-likeness (QED) is 0.782. The third-order valence-corrected chi connectivity index (χ3v) is 4.60. The number of nitrogens with zero attached hydrogens (tertiary/aromatic N) is 1. The number of amides is 2. The fraction of sp³-hybridized carbons (Fsp3) is 0.300. The molecule has 2 rings (SSSR count).